The lowest BCUT2D eigenvalue weighted by Gasteiger charge is -2.28. The van der Waals surface area contributed by atoms with Crippen molar-refractivity contribution in [1.82, 2.24) is 0 Å². The van der Waals surface area contributed by atoms with Gasteiger partial charge < -0.3 is 13.6 Å². The fourth-order valence-electron chi connectivity index (χ4n) is 1.63. The van der Waals surface area contributed by atoms with E-state index >= 15 is 0 Å². The van der Waals surface area contributed by atoms with Gasteiger partial charge in [0.2, 0.25) is 0 Å². The van der Waals surface area contributed by atoms with Crippen molar-refractivity contribution in [3.8, 4) is 0 Å². The lowest BCUT2D eigenvalue weighted by Crippen LogP contribution is -2.59. The highest BCUT2D eigenvalue weighted by molar-refractivity contribution is 6.74. The van der Waals surface area contributed by atoms with Crippen molar-refractivity contribution >= 4 is 14.0 Å². The van der Waals surface area contributed by atoms with Gasteiger partial charge in [0.15, 0.2) is 0 Å². The monoisotopic (exact) mass is 294 g/mol. The molecule has 0 heterocycles. The van der Waals surface area contributed by atoms with Crippen LogP contribution in [0.25, 0.3) is 0 Å². The van der Waals surface area contributed by atoms with Gasteiger partial charge in [-0.05, 0) is 27.7 Å². The Hall–Kier alpha value is -0.893. The molecule has 1 N–H and O–H groups in total. The largest absolute Gasteiger partial charge is 0.540 e. The van der Waals surface area contributed by atoms with Crippen molar-refractivity contribution in [3.63, 3.8) is 0 Å². The Labute approximate surface area is 111 Å². The summed E-state index contributed by atoms with van der Waals surface area (Å²) in [5.41, 5.74) is 0. The van der Waals surface area contributed by atoms with Crippen LogP contribution in [0.4, 0.5) is 13.2 Å². The van der Waals surface area contributed by atoms with Crippen LogP contribution < -0.4 is 5.19 Å². The highest BCUT2D eigenvalue weighted by Gasteiger charge is 2.47. The number of hydrogen-bond donors (Lipinski definition) is 1. The molecule has 0 aromatic heterocycles. The van der Waals surface area contributed by atoms with Gasteiger partial charge in [-0.15, -0.1) is 0 Å². The molecule has 0 aliphatic carbocycles. The molecule has 0 saturated heterocycles. The first-order valence-corrected chi connectivity index (χ1v) is 7.65. The van der Waals surface area contributed by atoms with E-state index in [-0.39, 0.29) is 0 Å². The van der Waals surface area contributed by atoms with Crippen LogP contribution in [0.5, 0.6) is 0 Å². The van der Waals surface area contributed by atoms with Crippen molar-refractivity contribution in [3.05, 3.63) is 29.6 Å². The van der Waals surface area contributed by atoms with Crippen LogP contribution in [0.3, 0.4) is 0 Å². The third-order valence-electron chi connectivity index (χ3n) is 2.11. The van der Waals surface area contributed by atoms with E-state index in [1.54, 1.807) is 27.7 Å². The molecule has 0 radical (unpaired) electrons. The second-order valence-electron chi connectivity index (χ2n) is 4.66. The summed E-state index contributed by atoms with van der Waals surface area (Å²) in [5, 5.41) is -0.726. The van der Waals surface area contributed by atoms with Gasteiger partial charge in [-0.3, -0.25) is 0 Å². The minimum Gasteiger partial charge on any atom is -0.386 e. The van der Waals surface area contributed by atoms with E-state index < -0.39 is 43.7 Å². The van der Waals surface area contributed by atoms with Crippen LogP contribution in [-0.4, -0.2) is 25.8 Å². The molecule has 19 heavy (non-hydrogen) atoms. The predicted molar refractivity (Wildman–Crippen MR) is 66.4 cm³/mol. The predicted octanol–water partition coefficient (Wildman–Crippen LogP) is 2.09. The SMILES string of the molecule is CC(C)O[Si](O)(OC(C)C)c1c(F)cc(F)cc1F. The summed E-state index contributed by atoms with van der Waals surface area (Å²) in [7, 11) is -4.28. The van der Waals surface area contributed by atoms with Crippen LogP contribution in [0.15, 0.2) is 12.1 Å². The molecule has 3 nitrogen and oxygen atoms in total. The van der Waals surface area contributed by atoms with Gasteiger partial charge in [0, 0.05) is 24.3 Å². The zero-order valence-electron chi connectivity index (χ0n) is 11.2. The molecule has 0 amide bonds. The first kappa shape index (κ1) is 16.2. The van der Waals surface area contributed by atoms with Crippen molar-refractivity contribution < 1.29 is 26.8 Å². The Kier molecular flexibility index (Phi) is 5.14. The van der Waals surface area contributed by atoms with Gasteiger partial charge in [0.1, 0.15) is 17.5 Å². The molecule has 0 saturated carbocycles. The summed E-state index contributed by atoms with van der Waals surface area (Å²) in [6, 6.07) is 0.980. The molecule has 1 aromatic rings. The van der Waals surface area contributed by atoms with Crippen LogP contribution in [0, 0.1) is 17.5 Å². The Morgan fingerprint density at radius 1 is 0.947 bits per heavy atom. The average molecular weight is 294 g/mol. The molecule has 1 aromatic carbocycles. The summed E-state index contributed by atoms with van der Waals surface area (Å²) >= 11 is 0. The molecule has 1 rings (SSSR count). The lowest BCUT2D eigenvalue weighted by atomic mass is 10.3. The third kappa shape index (κ3) is 4.03. The molecule has 108 valence electrons. The van der Waals surface area contributed by atoms with Gasteiger partial charge >= 0.3 is 8.80 Å². The van der Waals surface area contributed by atoms with Gasteiger partial charge in [0.25, 0.3) is 0 Å². The van der Waals surface area contributed by atoms with Crippen LogP contribution in [-0.2, 0) is 8.85 Å². The minimum absolute atomic E-state index is 0.490. The molecule has 0 aliphatic rings. The van der Waals surface area contributed by atoms with E-state index in [0.29, 0.717) is 12.1 Å². The fraction of sp³-hybridized carbons (Fsp3) is 0.500. The lowest BCUT2D eigenvalue weighted by molar-refractivity contribution is 0.0593. The van der Waals surface area contributed by atoms with Gasteiger partial charge in [-0.25, -0.2) is 13.2 Å². The van der Waals surface area contributed by atoms with Crippen molar-refractivity contribution in [1.29, 1.82) is 0 Å². The molecule has 0 unspecified atom stereocenters. The molecule has 0 aliphatic heterocycles. The van der Waals surface area contributed by atoms with Gasteiger partial charge in [0.05, 0.1) is 5.19 Å². The molecule has 7 heteroatoms. The summed E-state index contributed by atoms with van der Waals surface area (Å²) < 4.78 is 50.8. The Bertz CT molecular complexity index is 419. The molecule has 0 atom stereocenters. The second kappa shape index (κ2) is 6.04. The van der Waals surface area contributed by atoms with Crippen LogP contribution in [0.2, 0.25) is 0 Å². The van der Waals surface area contributed by atoms with Crippen LogP contribution >= 0.6 is 0 Å². The first-order valence-electron chi connectivity index (χ1n) is 5.88. The number of halogens is 3. The topological polar surface area (TPSA) is 38.7 Å². The zero-order valence-corrected chi connectivity index (χ0v) is 12.2. The second-order valence-corrected chi connectivity index (χ2v) is 6.79. The molecule has 0 spiro atoms. The van der Waals surface area contributed by atoms with E-state index in [0.717, 1.165) is 0 Å². The first-order chi connectivity index (χ1) is 8.65. The van der Waals surface area contributed by atoms with Gasteiger partial charge in [-0.1, -0.05) is 0 Å². The van der Waals surface area contributed by atoms with E-state index in [2.05, 4.69) is 0 Å². The summed E-state index contributed by atoms with van der Waals surface area (Å²) in [6.07, 6.45) is -1.00. The molecular weight excluding hydrogens is 277 g/mol. The Morgan fingerprint density at radius 3 is 1.63 bits per heavy atom. The highest BCUT2D eigenvalue weighted by Crippen LogP contribution is 2.16. The van der Waals surface area contributed by atoms with E-state index in [9.17, 15) is 18.0 Å². The maximum Gasteiger partial charge on any atom is 0.540 e. The van der Waals surface area contributed by atoms with Crippen molar-refractivity contribution in [2.45, 2.75) is 39.9 Å². The Balaban J connectivity index is 3.32. The quantitative estimate of drug-likeness (QED) is 0.845. The highest BCUT2D eigenvalue weighted by atomic mass is 28.4. The summed E-state index contributed by atoms with van der Waals surface area (Å²) in [5.74, 6) is -3.50. The normalized spacial score (nSPS) is 12.5. The van der Waals surface area contributed by atoms with E-state index in [1.165, 1.54) is 0 Å². The summed E-state index contributed by atoms with van der Waals surface area (Å²) in [4.78, 5) is 10.4. The molecule has 0 bridgehead atoms. The smallest absolute Gasteiger partial charge is 0.386 e. The minimum atomic E-state index is -4.28. The van der Waals surface area contributed by atoms with E-state index in [4.69, 9.17) is 8.85 Å². The average Bonchev–Trinajstić information content (AvgIpc) is 2.10. The van der Waals surface area contributed by atoms with Crippen molar-refractivity contribution in [2.75, 3.05) is 0 Å². The standard InChI is InChI=1S/C12H17F3O3Si/c1-7(2)17-19(16,18-8(3)4)12-10(14)5-9(13)6-11(12)15/h5-8,16H,1-4H3. The molecular formula is C12H17F3O3Si. The summed E-state index contributed by atoms with van der Waals surface area (Å²) in [6.45, 7) is 6.39. The Morgan fingerprint density at radius 2 is 1.32 bits per heavy atom. The molecule has 0 fully saturated rings. The zero-order chi connectivity index (χ0) is 14.8. The number of rotatable bonds is 5. The van der Waals surface area contributed by atoms with Crippen molar-refractivity contribution in [2.24, 2.45) is 0 Å². The maximum absolute atomic E-state index is 13.7. The van der Waals surface area contributed by atoms with E-state index in [1.807, 2.05) is 0 Å². The number of hydrogen-bond acceptors (Lipinski definition) is 3. The van der Waals surface area contributed by atoms with Crippen LogP contribution in [0.1, 0.15) is 27.7 Å². The third-order valence-corrected chi connectivity index (χ3v) is 4.80. The van der Waals surface area contributed by atoms with Gasteiger partial charge in [-0.2, -0.15) is 0 Å². The number of benzene rings is 1. The maximum atomic E-state index is 13.7. The fourth-order valence-corrected chi connectivity index (χ4v) is 3.95.